The van der Waals surface area contributed by atoms with E-state index in [4.69, 9.17) is 9.47 Å². The maximum atomic E-state index is 11.8. The molecule has 6 nitrogen and oxygen atoms in total. The minimum absolute atomic E-state index is 0.265. The van der Waals surface area contributed by atoms with E-state index in [9.17, 15) is 9.59 Å². The molecule has 1 aromatic rings. The van der Waals surface area contributed by atoms with Gasteiger partial charge in [-0.05, 0) is 29.0 Å². The highest BCUT2D eigenvalue weighted by Gasteiger charge is 2.07. The number of aromatic nitrogens is 2. The van der Waals surface area contributed by atoms with Gasteiger partial charge in [-0.2, -0.15) is 0 Å². The molecule has 0 fully saturated rings. The molecule has 18 heavy (non-hydrogen) atoms. The molecule has 1 heterocycles. The number of methoxy groups -OCH3 is 1. The topological polar surface area (TPSA) is 62.5 Å². The monoisotopic (exact) mass is 368 g/mol. The zero-order valence-electron chi connectivity index (χ0n) is 10.5. The molecular weight excluding hydrogens is 351 g/mol. The average Bonchev–Trinajstić information content (AvgIpc) is 2.35. The maximum Gasteiger partial charge on any atom is 0.330 e. The van der Waals surface area contributed by atoms with Crippen molar-refractivity contribution in [2.75, 3.05) is 26.9 Å². The molecule has 0 spiro atoms. The number of ether oxygens (including phenoxy) is 2. The number of aryl methyl sites for hydroxylation is 1. The summed E-state index contributed by atoms with van der Waals surface area (Å²) in [4.78, 5) is 23.5. The fourth-order valence-electron chi connectivity index (χ4n) is 1.45. The van der Waals surface area contributed by atoms with Crippen molar-refractivity contribution >= 4 is 22.6 Å². The van der Waals surface area contributed by atoms with Crippen LogP contribution >= 0.6 is 22.6 Å². The highest BCUT2D eigenvalue weighted by atomic mass is 127. The fourth-order valence-corrected chi connectivity index (χ4v) is 2.16. The van der Waals surface area contributed by atoms with Gasteiger partial charge in [-0.3, -0.25) is 9.36 Å². The molecule has 0 saturated carbocycles. The van der Waals surface area contributed by atoms with E-state index < -0.39 is 0 Å². The van der Waals surface area contributed by atoms with Crippen LogP contribution in [0.25, 0.3) is 0 Å². The van der Waals surface area contributed by atoms with Crippen LogP contribution in [0.2, 0.25) is 0 Å². The third kappa shape index (κ3) is 4.21. The van der Waals surface area contributed by atoms with E-state index in [2.05, 4.69) is 0 Å². The molecule has 0 aromatic carbocycles. The Hall–Kier alpha value is -0.670. The first-order chi connectivity index (χ1) is 8.57. The van der Waals surface area contributed by atoms with Crippen LogP contribution in [0.4, 0.5) is 0 Å². The van der Waals surface area contributed by atoms with Gasteiger partial charge in [-0.25, -0.2) is 4.79 Å². The number of nitrogens with zero attached hydrogens (tertiary/aromatic N) is 2. The Kier molecular flexibility index (Phi) is 6.58. The molecule has 0 atom stereocenters. The van der Waals surface area contributed by atoms with E-state index in [0.717, 1.165) is 6.42 Å². The number of hydrogen-bond acceptors (Lipinski definition) is 4. The minimum atomic E-state index is -0.319. The SMILES string of the molecule is COCCCOCCn1c(=O)c(I)cn(C)c1=O. The lowest BCUT2D eigenvalue weighted by Gasteiger charge is -2.08. The Labute approximate surface area is 119 Å². The molecule has 0 radical (unpaired) electrons. The zero-order valence-corrected chi connectivity index (χ0v) is 12.7. The first-order valence-electron chi connectivity index (χ1n) is 5.60. The van der Waals surface area contributed by atoms with Gasteiger partial charge in [0.15, 0.2) is 0 Å². The van der Waals surface area contributed by atoms with Gasteiger partial charge in [0.25, 0.3) is 5.56 Å². The molecule has 0 amide bonds. The first kappa shape index (κ1) is 15.4. The van der Waals surface area contributed by atoms with Gasteiger partial charge >= 0.3 is 5.69 Å². The Bertz CT molecular complexity index is 461. The Morgan fingerprint density at radius 2 is 2.00 bits per heavy atom. The minimum Gasteiger partial charge on any atom is -0.385 e. The molecule has 0 saturated heterocycles. The summed E-state index contributed by atoms with van der Waals surface area (Å²) < 4.78 is 13.3. The van der Waals surface area contributed by atoms with Crippen LogP contribution in [0.3, 0.4) is 0 Å². The molecule has 0 bridgehead atoms. The third-order valence-corrected chi connectivity index (χ3v) is 3.13. The quantitative estimate of drug-likeness (QED) is 0.510. The summed E-state index contributed by atoms with van der Waals surface area (Å²) in [7, 11) is 3.26. The van der Waals surface area contributed by atoms with Gasteiger partial charge in [-0.15, -0.1) is 0 Å². The second kappa shape index (κ2) is 7.70. The van der Waals surface area contributed by atoms with Crippen LogP contribution in [0.1, 0.15) is 6.42 Å². The van der Waals surface area contributed by atoms with E-state index in [-0.39, 0.29) is 17.8 Å². The maximum absolute atomic E-state index is 11.8. The van der Waals surface area contributed by atoms with Crippen molar-refractivity contribution in [1.29, 1.82) is 0 Å². The second-order valence-corrected chi connectivity index (χ2v) is 4.95. The van der Waals surface area contributed by atoms with Crippen LogP contribution in [0.5, 0.6) is 0 Å². The standard InChI is InChI=1S/C11H17IN2O4/c1-13-8-9(12)10(15)14(11(13)16)4-7-18-6-3-5-17-2/h8H,3-7H2,1-2H3. The molecule has 1 aromatic heterocycles. The highest BCUT2D eigenvalue weighted by Crippen LogP contribution is 1.93. The largest absolute Gasteiger partial charge is 0.385 e. The number of rotatable bonds is 7. The van der Waals surface area contributed by atoms with Crippen LogP contribution in [-0.4, -0.2) is 36.1 Å². The smallest absolute Gasteiger partial charge is 0.330 e. The normalized spacial score (nSPS) is 10.8. The van der Waals surface area contributed by atoms with E-state index in [0.29, 0.717) is 23.4 Å². The molecule has 0 aliphatic heterocycles. The van der Waals surface area contributed by atoms with Gasteiger partial charge < -0.3 is 14.0 Å². The van der Waals surface area contributed by atoms with Crippen LogP contribution in [-0.2, 0) is 23.1 Å². The molecule has 0 aliphatic carbocycles. The molecule has 102 valence electrons. The van der Waals surface area contributed by atoms with E-state index >= 15 is 0 Å². The summed E-state index contributed by atoms with van der Waals surface area (Å²) >= 11 is 1.92. The van der Waals surface area contributed by atoms with E-state index in [1.54, 1.807) is 14.2 Å². The molecule has 7 heteroatoms. The average molecular weight is 368 g/mol. The van der Waals surface area contributed by atoms with Gasteiger partial charge in [0.1, 0.15) is 0 Å². The number of hydrogen-bond donors (Lipinski definition) is 0. The van der Waals surface area contributed by atoms with Crippen LogP contribution < -0.4 is 11.2 Å². The van der Waals surface area contributed by atoms with E-state index in [1.807, 2.05) is 22.6 Å². The highest BCUT2D eigenvalue weighted by molar-refractivity contribution is 14.1. The summed E-state index contributed by atoms with van der Waals surface area (Å²) in [5, 5.41) is 0. The molecule has 0 unspecified atom stereocenters. The Balaban J connectivity index is 2.58. The van der Waals surface area contributed by atoms with Crippen molar-refractivity contribution in [2.45, 2.75) is 13.0 Å². The van der Waals surface area contributed by atoms with Crippen molar-refractivity contribution in [2.24, 2.45) is 7.05 Å². The fraction of sp³-hybridized carbons (Fsp3) is 0.636. The van der Waals surface area contributed by atoms with Crippen molar-refractivity contribution in [3.8, 4) is 0 Å². The molecular formula is C11H17IN2O4. The van der Waals surface area contributed by atoms with Gasteiger partial charge in [-0.1, -0.05) is 0 Å². The number of halogens is 1. The van der Waals surface area contributed by atoms with Crippen molar-refractivity contribution in [1.82, 2.24) is 9.13 Å². The van der Waals surface area contributed by atoms with Crippen molar-refractivity contribution in [3.05, 3.63) is 30.6 Å². The molecule has 0 N–H and O–H groups in total. The predicted octanol–water partition coefficient (Wildman–Crippen LogP) is 0.205. The predicted molar refractivity (Wildman–Crippen MR) is 76.0 cm³/mol. The first-order valence-corrected chi connectivity index (χ1v) is 6.68. The summed E-state index contributed by atoms with van der Waals surface area (Å²) in [5.74, 6) is 0. The van der Waals surface area contributed by atoms with Crippen molar-refractivity contribution < 1.29 is 9.47 Å². The Morgan fingerprint density at radius 1 is 1.28 bits per heavy atom. The van der Waals surface area contributed by atoms with Crippen LogP contribution in [0, 0.1) is 3.57 Å². The van der Waals surface area contributed by atoms with Gasteiger partial charge in [0, 0.05) is 33.6 Å². The summed E-state index contributed by atoms with van der Waals surface area (Å²) in [6, 6.07) is 0. The zero-order chi connectivity index (χ0) is 13.5. The van der Waals surface area contributed by atoms with Gasteiger partial charge in [0.05, 0.1) is 16.7 Å². The van der Waals surface area contributed by atoms with Gasteiger partial charge in [0.2, 0.25) is 0 Å². The molecule has 1 rings (SSSR count). The summed E-state index contributed by atoms with van der Waals surface area (Å²) in [6.07, 6.45) is 2.33. The summed E-state index contributed by atoms with van der Waals surface area (Å²) in [6.45, 7) is 1.83. The second-order valence-electron chi connectivity index (χ2n) is 3.79. The van der Waals surface area contributed by atoms with Crippen molar-refractivity contribution in [3.63, 3.8) is 0 Å². The van der Waals surface area contributed by atoms with Crippen LogP contribution in [0.15, 0.2) is 15.8 Å². The van der Waals surface area contributed by atoms with E-state index in [1.165, 1.54) is 15.3 Å². The lowest BCUT2D eigenvalue weighted by Crippen LogP contribution is -2.40. The molecule has 0 aliphatic rings. The Morgan fingerprint density at radius 3 is 2.67 bits per heavy atom. The lowest BCUT2D eigenvalue weighted by atomic mass is 10.5. The lowest BCUT2D eigenvalue weighted by molar-refractivity contribution is 0.0964. The third-order valence-electron chi connectivity index (χ3n) is 2.39. The summed E-state index contributed by atoms with van der Waals surface area (Å²) in [5.41, 5.74) is -0.583.